The zero-order valence-corrected chi connectivity index (χ0v) is 65.8. The van der Waals surface area contributed by atoms with Crippen LogP contribution in [0.3, 0.4) is 0 Å². The van der Waals surface area contributed by atoms with Crippen LogP contribution in [0, 0.1) is 27.7 Å². The molecule has 0 saturated carbocycles. The number of ether oxygens (including phenoxy) is 5. The predicted molar refractivity (Wildman–Crippen MR) is 424 cm³/mol. The first-order valence-electron chi connectivity index (χ1n) is 32.4. The lowest BCUT2D eigenvalue weighted by Gasteiger charge is -2.10. The highest BCUT2D eigenvalue weighted by atomic mass is 79.9. The number of hydrogen-bond donors (Lipinski definition) is 4. The first kappa shape index (κ1) is 81.5. The van der Waals surface area contributed by atoms with Gasteiger partial charge in [0.05, 0.1) is 96.9 Å². The molecule has 0 atom stereocenters. The highest BCUT2D eigenvalue weighted by Crippen LogP contribution is 2.40. The third kappa shape index (κ3) is 20.6. The zero-order chi connectivity index (χ0) is 75.8. The lowest BCUT2D eigenvalue weighted by Crippen LogP contribution is -2.09. The third-order valence-corrected chi connectivity index (χ3v) is 20.0. The van der Waals surface area contributed by atoms with Crippen LogP contribution in [0.4, 0.5) is 0 Å². The molecule has 0 radical (unpaired) electrons. The number of benzene rings is 8. The molecule has 0 aliphatic heterocycles. The molecule has 25 heteroatoms. The molecule has 104 heavy (non-hydrogen) atoms. The number of carbonyl (C=O) groups excluding carboxylic acids is 2. The number of nitrogens with zero attached hydrogens (tertiary/aromatic N) is 3. The number of carboxylic acids is 2. The van der Waals surface area contributed by atoms with Gasteiger partial charge in [0.1, 0.15) is 23.0 Å². The summed E-state index contributed by atoms with van der Waals surface area (Å²) in [7, 11) is 4.69. The monoisotopic (exact) mass is 1630 g/mol. The highest BCUT2D eigenvalue weighted by Gasteiger charge is 2.24. The van der Waals surface area contributed by atoms with Crippen molar-refractivity contribution >= 4 is 176 Å². The van der Waals surface area contributed by atoms with Crippen molar-refractivity contribution in [3.63, 3.8) is 0 Å². The van der Waals surface area contributed by atoms with E-state index in [1.807, 2.05) is 154 Å². The Labute approximate surface area is 650 Å². The zero-order valence-electron chi connectivity index (χ0n) is 58.2. The fourth-order valence-corrected chi connectivity index (χ4v) is 13.7. The Bertz CT molecular complexity index is 5050. The lowest BCUT2D eigenvalue weighted by atomic mass is 10.1. The van der Waals surface area contributed by atoms with E-state index >= 15 is 0 Å². The molecule has 12 aromatic rings. The number of H-pyrrole nitrogens is 1. The van der Waals surface area contributed by atoms with Gasteiger partial charge in [-0.3, -0.25) is 19.2 Å². The van der Waals surface area contributed by atoms with Gasteiger partial charge in [-0.15, -0.1) is 0 Å². The number of aromatic nitrogens is 4. The summed E-state index contributed by atoms with van der Waals surface area (Å²) >= 11 is 51.7. The van der Waals surface area contributed by atoms with E-state index in [1.165, 1.54) is 11.6 Å². The topological polar surface area (TPSA) is 206 Å². The van der Waals surface area contributed by atoms with Crippen LogP contribution < -0.4 is 14.2 Å². The number of alkyl halides is 1. The molecular weight excluding hydrogens is 1560 g/mol. The molecule has 0 unspecified atom stereocenters. The van der Waals surface area contributed by atoms with E-state index < -0.39 is 11.9 Å². The largest absolute Gasteiger partial charge is 0.506 e. The summed E-state index contributed by atoms with van der Waals surface area (Å²) in [6.07, 6.45) is 0.275. The number of aromatic amines is 1. The Kier molecular flexibility index (Phi) is 29.5. The number of aromatic hydroxyl groups is 1. The maximum absolute atomic E-state index is 12.1. The van der Waals surface area contributed by atoms with Crippen LogP contribution in [0.15, 0.2) is 146 Å². The number of fused-ring (bicyclic) bond motifs is 4. The minimum absolute atomic E-state index is 0.0548. The van der Waals surface area contributed by atoms with Crippen LogP contribution in [-0.4, -0.2) is 92.4 Å². The maximum Gasteiger partial charge on any atom is 0.310 e. The Balaban J connectivity index is 0.000000169. The molecule has 0 bridgehead atoms. The number of nitrogens with one attached hydrogen (secondary N) is 1. The van der Waals surface area contributed by atoms with Crippen molar-refractivity contribution in [2.45, 2.75) is 92.2 Å². The van der Waals surface area contributed by atoms with E-state index in [0.29, 0.717) is 91.2 Å². The number of halogens is 9. The highest BCUT2D eigenvalue weighted by molar-refractivity contribution is 9.08. The van der Waals surface area contributed by atoms with Gasteiger partial charge in [-0.1, -0.05) is 157 Å². The molecule has 12 rings (SSSR count). The van der Waals surface area contributed by atoms with Gasteiger partial charge < -0.3 is 57.7 Å². The number of hydrogen-bond acceptors (Lipinski definition) is 10. The van der Waals surface area contributed by atoms with E-state index in [1.54, 1.807) is 53.4 Å². The van der Waals surface area contributed by atoms with Crippen LogP contribution in [0.5, 0.6) is 23.0 Å². The summed E-state index contributed by atoms with van der Waals surface area (Å²) in [5.74, 6) is -0.624. The van der Waals surface area contributed by atoms with Crippen LogP contribution in [0.25, 0.3) is 43.6 Å². The van der Waals surface area contributed by atoms with Gasteiger partial charge in [-0.05, 0) is 183 Å². The molecule has 4 N–H and O–H groups in total. The van der Waals surface area contributed by atoms with Crippen LogP contribution >= 0.6 is 109 Å². The molecule has 0 amide bonds. The fourth-order valence-electron chi connectivity index (χ4n) is 11.9. The van der Waals surface area contributed by atoms with Gasteiger partial charge in [0.25, 0.3) is 0 Å². The molecule has 4 aromatic heterocycles. The summed E-state index contributed by atoms with van der Waals surface area (Å²) in [5.41, 5.74) is 14.9. The number of methoxy groups -OCH3 is 3. The number of rotatable bonds is 20. The van der Waals surface area contributed by atoms with Gasteiger partial charge in [-0.2, -0.15) is 0 Å². The van der Waals surface area contributed by atoms with Crippen LogP contribution in [0.2, 0.25) is 40.2 Å². The van der Waals surface area contributed by atoms with Gasteiger partial charge >= 0.3 is 23.9 Å². The second-order valence-corrected chi connectivity index (χ2v) is 27.7. The van der Waals surface area contributed by atoms with Crippen molar-refractivity contribution in [2.75, 3.05) is 34.5 Å². The molecular formula is C79H75BrCl8N4O12. The van der Waals surface area contributed by atoms with Crippen molar-refractivity contribution in [1.82, 2.24) is 18.7 Å². The maximum atomic E-state index is 12.1. The summed E-state index contributed by atoms with van der Waals surface area (Å²) in [6, 6.07) is 44.8. The second-order valence-electron chi connectivity index (χ2n) is 23.8. The third-order valence-electron chi connectivity index (χ3n) is 17.1. The van der Waals surface area contributed by atoms with Crippen LogP contribution in [0.1, 0.15) is 81.1 Å². The minimum atomic E-state index is -0.918. The molecule has 0 spiro atoms. The van der Waals surface area contributed by atoms with Crippen molar-refractivity contribution in [3.05, 3.63) is 253 Å². The van der Waals surface area contributed by atoms with E-state index in [9.17, 15) is 34.5 Å². The van der Waals surface area contributed by atoms with Crippen molar-refractivity contribution < 1.29 is 58.2 Å². The standard InChI is InChI=1S/C21H21Cl2NO3.C19H17Cl2NO3.C18H15Cl2NO3.C14H16ClNO3.C7H6BrCl/c1-4-27-21(25)10-16-13(2)24(12-14-5-7-15(22)8-6-14)19-11-18(23)20(26-3)9-17(16)19;1-11-14(8-19(23)24)15-7-18(25-2)16(21)9-17(15)22(11)10-12-3-5-13(20)6-4-12;1-10-13(7-18(23)24)14-6-17(22)15(20)8-16(14)21(10)9-11-2-4-12(19)5-3-11;1-4-19-14(17)6-9-8(2)16-12-7-11(15)13(18-3)5-10(9)12;8-5-6-1-3-7(9)4-2-6/h5-9,11H,4,10,12H2,1-3H3;3-7,9H,8,10H2,1-2H3,(H,23,24);2-6,8,22H,7,9H2,1H3,(H,23,24);5,7,16H,4,6H2,1-3H3;1-4H,5H2. The fraction of sp³-hybridized carbons (Fsp3) is 0.241. The average molecular weight is 1640 g/mol. The van der Waals surface area contributed by atoms with Gasteiger partial charge in [0, 0.05) is 94.9 Å². The van der Waals surface area contributed by atoms with E-state index in [2.05, 4.69) is 30.0 Å². The Morgan fingerprint density at radius 1 is 0.413 bits per heavy atom. The molecule has 0 fully saturated rings. The summed E-state index contributed by atoms with van der Waals surface area (Å²) in [5, 5.41) is 37.3. The number of carboxylic acid groups (broad SMARTS) is 2. The normalized spacial score (nSPS) is 10.9. The minimum Gasteiger partial charge on any atom is -0.506 e. The van der Waals surface area contributed by atoms with E-state index in [0.717, 1.165) is 105 Å². The Morgan fingerprint density at radius 2 is 0.721 bits per heavy atom. The Hall–Kier alpha value is -8.20. The van der Waals surface area contributed by atoms with Gasteiger partial charge in [0.15, 0.2) is 0 Å². The number of esters is 2. The molecule has 0 aliphatic rings. The van der Waals surface area contributed by atoms with Gasteiger partial charge in [0.2, 0.25) is 0 Å². The summed E-state index contributed by atoms with van der Waals surface area (Å²) in [6.45, 7) is 13.9. The quantitative estimate of drug-likeness (QED) is 0.0415. The molecule has 16 nitrogen and oxygen atoms in total. The first-order chi connectivity index (χ1) is 49.6. The number of phenols is 1. The number of carbonyl (C=O) groups is 4. The summed E-state index contributed by atoms with van der Waals surface area (Å²) < 4.78 is 32.2. The predicted octanol–water partition coefficient (Wildman–Crippen LogP) is 21.5. The smallest absolute Gasteiger partial charge is 0.310 e. The van der Waals surface area contributed by atoms with Crippen molar-refractivity contribution in [1.29, 1.82) is 0 Å². The number of aryl methyl sites for hydroxylation is 1. The molecule has 546 valence electrons. The Morgan fingerprint density at radius 3 is 1.06 bits per heavy atom. The number of phenolic OH excluding ortho intramolecular Hbond substituents is 1. The SMILES string of the molecule is CCOC(=O)Cc1c(C)[nH]c2cc(Cl)c(OC)cc12.CCOC(=O)Cc1c(C)n(Cc2ccc(Cl)cc2)c2cc(Cl)c(OC)cc12.COc1cc2c(CC(=O)O)c(C)n(Cc3ccc(Cl)cc3)c2cc1Cl.Cc1c(CC(=O)O)c2cc(O)c(Cl)cc2n1Cc1ccc(Cl)cc1.Clc1ccc(CBr)cc1. The van der Waals surface area contributed by atoms with E-state index in [-0.39, 0.29) is 48.4 Å². The van der Waals surface area contributed by atoms with Gasteiger partial charge in [-0.25, -0.2) is 0 Å². The lowest BCUT2D eigenvalue weighted by molar-refractivity contribution is -0.143. The van der Waals surface area contributed by atoms with Crippen molar-refractivity contribution in [2.24, 2.45) is 0 Å². The molecule has 0 aliphatic carbocycles. The second kappa shape index (κ2) is 37.7. The van der Waals surface area contributed by atoms with E-state index in [4.69, 9.17) is 116 Å². The molecule has 8 aromatic carbocycles. The first-order valence-corrected chi connectivity index (χ1v) is 36.6. The van der Waals surface area contributed by atoms with Crippen molar-refractivity contribution in [3.8, 4) is 23.0 Å². The molecule has 4 heterocycles. The average Bonchev–Trinajstić information content (AvgIpc) is 1.63. The summed E-state index contributed by atoms with van der Waals surface area (Å²) in [4.78, 5) is 49.5. The molecule has 0 saturated heterocycles. The van der Waals surface area contributed by atoms with Crippen LogP contribution in [-0.2, 0) is 79.3 Å². The number of aliphatic carboxylic acids is 2.